The lowest BCUT2D eigenvalue weighted by Crippen LogP contribution is -2.49. The number of hydrogen-bond donors (Lipinski definition) is 1. The normalized spacial score (nSPS) is 16.2. The molecule has 2 N–H and O–H groups in total. The topological polar surface area (TPSA) is 58.8 Å². The standard InChI is InChI=1S/C24H30F3N3O2/c1-16-17(2)22(32-15-10-28)9-8-21(16)18(3)29-11-13-30(14-12-29)23(31)19-4-6-20(7-5-19)24(25,26)27/h4-9,18H,10-15,28H2,1-3H3/t18-/m1/s1. The Morgan fingerprint density at radius 3 is 2.22 bits per heavy atom. The molecule has 0 radical (unpaired) electrons. The van der Waals surface area contributed by atoms with E-state index in [9.17, 15) is 18.0 Å². The lowest BCUT2D eigenvalue weighted by atomic mass is 9.96. The quantitative estimate of drug-likeness (QED) is 0.719. The number of amides is 1. The molecule has 3 rings (SSSR count). The number of piperazine rings is 1. The molecule has 32 heavy (non-hydrogen) atoms. The summed E-state index contributed by atoms with van der Waals surface area (Å²) < 4.78 is 44.0. The summed E-state index contributed by atoms with van der Waals surface area (Å²) in [5.41, 5.74) is 8.54. The second kappa shape index (κ2) is 9.92. The van der Waals surface area contributed by atoms with Crippen molar-refractivity contribution in [2.24, 2.45) is 5.73 Å². The van der Waals surface area contributed by atoms with Crippen LogP contribution in [0.5, 0.6) is 5.75 Å². The smallest absolute Gasteiger partial charge is 0.416 e. The van der Waals surface area contributed by atoms with Gasteiger partial charge in [-0.2, -0.15) is 13.2 Å². The van der Waals surface area contributed by atoms with Crippen LogP contribution in [0.15, 0.2) is 36.4 Å². The number of carbonyl (C=O) groups excluding carboxylic acids is 1. The van der Waals surface area contributed by atoms with Crippen LogP contribution in [0.25, 0.3) is 0 Å². The molecule has 174 valence electrons. The number of carbonyl (C=O) groups is 1. The fourth-order valence-corrected chi connectivity index (χ4v) is 4.09. The van der Waals surface area contributed by atoms with Crippen LogP contribution in [0.2, 0.25) is 0 Å². The number of rotatable bonds is 6. The lowest BCUT2D eigenvalue weighted by Gasteiger charge is -2.39. The third-order valence-electron chi connectivity index (χ3n) is 6.21. The fraction of sp³-hybridized carbons (Fsp3) is 0.458. The lowest BCUT2D eigenvalue weighted by molar-refractivity contribution is -0.137. The summed E-state index contributed by atoms with van der Waals surface area (Å²) in [6, 6.07) is 8.64. The highest BCUT2D eigenvalue weighted by atomic mass is 19.4. The van der Waals surface area contributed by atoms with Gasteiger partial charge in [-0.05, 0) is 67.8 Å². The number of hydrogen-bond acceptors (Lipinski definition) is 4. The maximum absolute atomic E-state index is 12.8. The maximum Gasteiger partial charge on any atom is 0.416 e. The first kappa shape index (κ1) is 24.1. The van der Waals surface area contributed by atoms with E-state index < -0.39 is 11.7 Å². The predicted octanol–water partition coefficient (Wildman–Crippen LogP) is 4.18. The SMILES string of the molecule is Cc1c(OCCN)ccc([C@@H](C)N2CCN(C(=O)c3ccc(C(F)(F)F)cc3)CC2)c1C. The molecule has 1 aliphatic heterocycles. The molecule has 0 unspecified atom stereocenters. The van der Waals surface area contributed by atoms with Crippen LogP contribution >= 0.6 is 0 Å². The predicted molar refractivity (Wildman–Crippen MR) is 118 cm³/mol. The van der Waals surface area contributed by atoms with E-state index in [0.717, 1.165) is 23.4 Å². The van der Waals surface area contributed by atoms with Gasteiger partial charge in [0.1, 0.15) is 12.4 Å². The first-order valence-corrected chi connectivity index (χ1v) is 10.8. The molecule has 1 amide bonds. The summed E-state index contributed by atoms with van der Waals surface area (Å²) in [5, 5.41) is 0. The van der Waals surface area contributed by atoms with Gasteiger partial charge in [-0.3, -0.25) is 9.69 Å². The van der Waals surface area contributed by atoms with E-state index >= 15 is 0 Å². The minimum absolute atomic E-state index is 0.167. The van der Waals surface area contributed by atoms with Gasteiger partial charge >= 0.3 is 6.18 Å². The van der Waals surface area contributed by atoms with Crippen LogP contribution in [0.4, 0.5) is 13.2 Å². The molecule has 1 atom stereocenters. The molecule has 0 aromatic heterocycles. The number of ether oxygens (including phenoxy) is 1. The van der Waals surface area contributed by atoms with E-state index in [-0.39, 0.29) is 17.5 Å². The Hall–Kier alpha value is -2.58. The van der Waals surface area contributed by atoms with Gasteiger partial charge in [-0.1, -0.05) is 6.07 Å². The summed E-state index contributed by atoms with van der Waals surface area (Å²) in [5.74, 6) is 0.607. The van der Waals surface area contributed by atoms with Crippen LogP contribution in [0.3, 0.4) is 0 Å². The average Bonchev–Trinajstić information content (AvgIpc) is 2.79. The number of halogens is 3. The number of nitrogens with zero attached hydrogens (tertiary/aromatic N) is 2. The first-order valence-electron chi connectivity index (χ1n) is 10.8. The van der Waals surface area contributed by atoms with Crippen molar-refractivity contribution < 1.29 is 22.7 Å². The van der Waals surface area contributed by atoms with Crippen molar-refractivity contribution in [3.63, 3.8) is 0 Å². The van der Waals surface area contributed by atoms with Gasteiger partial charge in [0.25, 0.3) is 5.91 Å². The molecule has 0 spiro atoms. The van der Waals surface area contributed by atoms with Gasteiger partial charge in [0.15, 0.2) is 0 Å². The minimum Gasteiger partial charge on any atom is -0.492 e. The third-order valence-corrected chi connectivity index (χ3v) is 6.21. The van der Waals surface area contributed by atoms with E-state index in [1.165, 1.54) is 23.3 Å². The molecular formula is C24H30F3N3O2. The van der Waals surface area contributed by atoms with E-state index in [2.05, 4.69) is 24.8 Å². The zero-order valence-electron chi connectivity index (χ0n) is 18.7. The first-order chi connectivity index (χ1) is 15.1. The Bertz CT molecular complexity index is 937. The number of alkyl halides is 3. The Kier molecular flexibility index (Phi) is 7.46. The molecule has 8 heteroatoms. The van der Waals surface area contributed by atoms with Crippen molar-refractivity contribution in [1.29, 1.82) is 0 Å². The van der Waals surface area contributed by atoms with Gasteiger partial charge < -0.3 is 15.4 Å². The molecule has 2 aromatic rings. The van der Waals surface area contributed by atoms with Crippen LogP contribution in [-0.2, 0) is 6.18 Å². The van der Waals surface area contributed by atoms with Crippen molar-refractivity contribution >= 4 is 5.91 Å². The highest BCUT2D eigenvalue weighted by Gasteiger charge is 2.31. The summed E-state index contributed by atoms with van der Waals surface area (Å²) in [4.78, 5) is 16.8. The van der Waals surface area contributed by atoms with Crippen molar-refractivity contribution in [3.05, 3.63) is 64.2 Å². The molecule has 0 saturated carbocycles. The highest BCUT2D eigenvalue weighted by molar-refractivity contribution is 5.94. The van der Waals surface area contributed by atoms with Crippen molar-refractivity contribution in [2.75, 3.05) is 39.3 Å². The van der Waals surface area contributed by atoms with E-state index in [1.54, 1.807) is 4.90 Å². The zero-order valence-corrected chi connectivity index (χ0v) is 18.7. The molecular weight excluding hydrogens is 419 g/mol. The molecule has 1 heterocycles. The second-order valence-electron chi connectivity index (χ2n) is 8.12. The van der Waals surface area contributed by atoms with Crippen LogP contribution < -0.4 is 10.5 Å². The second-order valence-corrected chi connectivity index (χ2v) is 8.12. The molecule has 5 nitrogen and oxygen atoms in total. The zero-order chi connectivity index (χ0) is 23.5. The minimum atomic E-state index is -4.41. The molecule has 2 aromatic carbocycles. The van der Waals surface area contributed by atoms with Gasteiger partial charge in [-0.25, -0.2) is 0 Å². The Morgan fingerprint density at radius 2 is 1.66 bits per heavy atom. The van der Waals surface area contributed by atoms with E-state index in [0.29, 0.717) is 39.3 Å². The van der Waals surface area contributed by atoms with Gasteiger partial charge in [-0.15, -0.1) is 0 Å². The molecule has 1 aliphatic rings. The van der Waals surface area contributed by atoms with Crippen molar-refractivity contribution in [2.45, 2.75) is 33.0 Å². The monoisotopic (exact) mass is 449 g/mol. The summed E-state index contributed by atoms with van der Waals surface area (Å²) in [6.45, 7) is 9.65. The maximum atomic E-state index is 12.8. The number of nitrogens with two attached hydrogens (primary N) is 1. The van der Waals surface area contributed by atoms with Crippen LogP contribution in [0.1, 0.15) is 45.6 Å². The Morgan fingerprint density at radius 1 is 1.03 bits per heavy atom. The highest BCUT2D eigenvalue weighted by Crippen LogP contribution is 2.32. The Labute approximate surface area is 186 Å². The summed E-state index contributed by atoms with van der Waals surface area (Å²) >= 11 is 0. The fourth-order valence-electron chi connectivity index (χ4n) is 4.09. The third kappa shape index (κ3) is 5.24. The molecule has 0 aliphatic carbocycles. The van der Waals surface area contributed by atoms with Crippen molar-refractivity contribution in [3.8, 4) is 5.75 Å². The van der Waals surface area contributed by atoms with Crippen molar-refractivity contribution in [1.82, 2.24) is 9.80 Å². The molecule has 1 saturated heterocycles. The van der Waals surface area contributed by atoms with Gasteiger partial charge in [0.05, 0.1) is 5.56 Å². The Balaban J connectivity index is 1.63. The largest absolute Gasteiger partial charge is 0.492 e. The molecule has 0 bridgehead atoms. The van der Waals surface area contributed by atoms with E-state index in [1.807, 2.05) is 13.0 Å². The van der Waals surface area contributed by atoms with Crippen LogP contribution in [-0.4, -0.2) is 55.0 Å². The van der Waals surface area contributed by atoms with Crippen LogP contribution in [0, 0.1) is 13.8 Å². The molecule has 1 fully saturated rings. The van der Waals surface area contributed by atoms with Gasteiger partial charge in [0, 0.05) is 44.3 Å². The average molecular weight is 450 g/mol. The van der Waals surface area contributed by atoms with E-state index in [4.69, 9.17) is 10.5 Å². The number of benzene rings is 2. The summed E-state index contributed by atoms with van der Waals surface area (Å²) in [6.07, 6.45) is -4.41. The summed E-state index contributed by atoms with van der Waals surface area (Å²) in [7, 11) is 0. The van der Waals surface area contributed by atoms with Gasteiger partial charge in [0.2, 0.25) is 0 Å².